The van der Waals surface area contributed by atoms with Gasteiger partial charge in [-0.3, -0.25) is 5.41 Å². The minimum atomic E-state index is -2.83. The van der Waals surface area contributed by atoms with Crippen molar-refractivity contribution >= 4 is 15.7 Å². The molecule has 0 atom stereocenters. The maximum atomic E-state index is 11.2. The summed E-state index contributed by atoms with van der Waals surface area (Å²) in [6.45, 7) is 3.13. The van der Waals surface area contributed by atoms with Gasteiger partial charge in [-0.15, -0.1) is 0 Å². The minimum absolute atomic E-state index is 0.204. The quantitative estimate of drug-likeness (QED) is 0.499. The van der Waals surface area contributed by atoms with Crippen LogP contribution in [0.3, 0.4) is 0 Å². The van der Waals surface area contributed by atoms with Gasteiger partial charge in [0.25, 0.3) is 0 Å². The second-order valence-corrected chi connectivity index (χ2v) is 5.60. The molecule has 0 unspecified atom stereocenters. The van der Waals surface area contributed by atoms with Crippen molar-refractivity contribution in [3.8, 4) is 0 Å². The molecule has 1 saturated heterocycles. The predicted molar refractivity (Wildman–Crippen MR) is 52.9 cm³/mol. The smallest absolute Gasteiger partial charge is 0.152 e. The van der Waals surface area contributed by atoms with Crippen molar-refractivity contribution in [2.45, 2.75) is 19.8 Å². The van der Waals surface area contributed by atoms with Crippen LogP contribution >= 0.6 is 0 Å². The number of nitrogens with one attached hydrogen (secondary N) is 1. The van der Waals surface area contributed by atoms with Crippen LogP contribution in [0.5, 0.6) is 0 Å². The van der Waals surface area contributed by atoms with Gasteiger partial charge in [-0.1, -0.05) is 6.92 Å². The molecular weight excluding hydrogens is 188 g/mol. The molecule has 1 rings (SSSR count). The lowest BCUT2D eigenvalue weighted by Gasteiger charge is -2.21. The highest BCUT2D eigenvalue weighted by molar-refractivity contribution is 7.91. The fourth-order valence-electron chi connectivity index (χ4n) is 1.43. The summed E-state index contributed by atoms with van der Waals surface area (Å²) in [4.78, 5) is 1.87. The Morgan fingerprint density at radius 1 is 1.38 bits per heavy atom. The second-order valence-electron chi connectivity index (χ2n) is 3.29. The van der Waals surface area contributed by atoms with Gasteiger partial charge in [0.1, 0.15) is 0 Å². The molecule has 0 radical (unpaired) electrons. The molecule has 0 aromatic carbocycles. The van der Waals surface area contributed by atoms with E-state index in [2.05, 4.69) is 0 Å². The molecule has 0 amide bonds. The third kappa shape index (κ3) is 2.99. The van der Waals surface area contributed by atoms with Crippen molar-refractivity contribution in [2.75, 3.05) is 24.6 Å². The molecule has 4 nitrogen and oxygen atoms in total. The van der Waals surface area contributed by atoms with Crippen LogP contribution in [-0.2, 0) is 9.84 Å². The van der Waals surface area contributed by atoms with Gasteiger partial charge in [-0.25, -0.2) is 8.42 Å². The van der Waals surface area contributed by atoms with Crippen LogP contribution in [0.1, 0.15) is 19.8 Å². The highest BCUT2D eigenvalue weighted by Gasteiger charge is 2.19. The molecule has 0 aromatic rings. The molecule has 76 valence electrons. The van der Waals surface area contributed by atoms with Gasteiger partial charge >= 0.3 is 0 Å². The van der Waals surface area contributed by atoms with E-state index in [0.29, 0.717) is 31.8 Å². The van der Waals surface area contributed by atoms with Crippen LogP contribution in [0.4, 0.5) is 0 Å². The lowest BCUT2D eigenvalue weighted by molar-refractivity contribution is 0.439. The third-order valence-corrected chi connectivity index (χ3v) is 3.99. The standard InChI is InChI=1S/C8H16N2O2S/c1-2-8(9)10-4-3-6-13(11,12)7-5-10/h9H,2-7H2,1H3. The van der Waals surface area contributed by atoms with E-state index in [1.54, 1.807) is 0 Å². The summed E-state index contributed by atoms with van der Waals surface area (Å²) in [5.74, 6) is 1.03. The highest BCUT2D eigenvalue weighted by Crippen LogP contribution is 2.06. The lowest BCUT2D eigenvalue weighted by Crippen LogP contribution is -2.32. The van der Waals surface area contributed by atoms with Crippen LogP contribution in [0.25, 0.3) is 0 Å². The first kappa shape index (κ1) is 10.5. The molecule has 1 aliphatic rings. The molecule has 1 N–H and O–H groups in total. The van der Waals surface area contributed by atoms with E-state index in [-0.39, 0.29) is 11.5 Å². The Hall–Kier alpha value is -0.580. The lowest BCUT2D eigenvalue weighted by atomic mass is 10.3. The van der Waals surface area contributed by atoms with Crippen molar-refractivity contribution in [1.29, 1.82) is 5.41 Å². The van der Waals surface area contributed by atoms with E-state index in [4.69, 9.17) is 5.41 Å². The van der Waals surface area contributed by atoms with Crippen LogP contribution in [0.15, 0.2) is 0 Å². The molecule has 0 aliphatic carbocycles. The van der Waals surface area contributed by atoms with E-state index < -0.39 is 9.84 Å². The molecule has 5 heteroatoms. The number of nitrogens with zero attached hydrogens (tertiary/aromatic N) is 1. The van der Waals surface area contributed by atoms with Gasteiger partial charge in [-0.05, 0) is 6.42 Å². The van der Waals surface area contributed by atoms with Crippen LogP contribution in [0.2, 0.25) is 0 Å². The summed E-state index contributed by atoms with van der Waals surface area (Å²) >= 11 is 0. The number of rotatable bonds is 1. The molecule has 0 bridgehead atoms. The molecule has 1 fully saturated rings. The van der Waals surface area contributed by atoms with Gasteiger partial charge in [0.05, 0.1) is 17.3 Å². The Labute approximate surface area is 79.4 Å². The predicted octanol–water partition coefficient (Wildman–Crippen LogP) is 0.494. The van der Waals surface area contributed by atoms with Crippen molar-refractivity contribution in [2.24, 2.45) is 0 Å². The first-order valence-corrected chi connectivity index (χ1v) is 6.40. The maximum absolute atomic E-state index is 11.2. The highest BCUT2D eigenvalue weighted by atomic mass is 32.2. The van der Waals surface area contributed by atoms with E-state index in [0.717, 1.165) is 0 Å². The Bertz CT molecular complexity index is 285. The fraction of sp³-hybridized carbons (Fsp3) is 0.875. The number of hydrogen-bond donors (Lipinski definition) is 1. The summed E-state index contributed by atoms with van der Waals surface area (Å²) < 4.78 is 22.5. The summed E-state index contributed by atoms with van der Waals surface area (Å²) in [5, 5.41) is 7.59. The fourth-order valence-corrected chi connectivity index (χ4v) is 2.70. The minimum Gasteiger partial charge on any atom is -0.360 e. The number of sulfone groups is 1. The van der Waals surface area contributed by atoms with Gasteiger partial charge in [0.15, 0.2) is 9.84 Å². The molecule has 0 aromatic heterocycles. The molecule has 0 saturated carbocycles. The SMILES string of the molecule is CCC(=N)N1CCCS(=O)(=O)CC1. The van der Waals surface area contributed by atoms with Gasteiger partial charge in [0.2, 0.25) is 0 Å². The van der Waals surface area contributed by atoms with Crippen LogP contribution in [-0.4, -0.2) is 43.7 Å². The summed E-state index contributed by atoms with van der Waals surface area (Å²) in [7, 11) is -2.83. The average molecular weight is 204 g/mol. The van der Waals surface area contributed by atoms with Crippen LogP contribution < -0.4 is 0 Å². The van der Waals surface area contributed by atoms with Gasteiger partial charge < -0.3 is 4.90 Å². The zero-order chi connectivity index (χ0) is 9.90. The average Bonchev–Trinajstić information content (AvgIpc) is 2.25. The Kier molecular flexibility index (Phi) is 3.30. The first-order chi connectivity index (χ1) is 6.05. The molecule has 0 spiro atoms. The molecule has 1 aliphatic heterocycles. The van der Waals surface area contributed by atoms with Gasteiger partial charge in [0, 0.05) is 19.5 Å². The molecule has 13 heavy (non-hydrogen) atoms. The zero-order valence-corrected chi connectivity index (χ0v) is 8.73. The van der Waals surface area contributed by atoms with E-state index >= 15 is 0 Å². The summed E-state index contributed by atoms with van der Waals surface area (Å²) in [6.07, 6.45) is 1.34. The van der Waals surface area contributed by atoms with Crippen molar-refractivity contribution < 1.29 is 8.42 Å². The number of amidine groups is 1. The zero-order valence-electron chi connectivity index (χ0n) is 7.91. The molecule has 1 heterocycles. The Balaban J connectivity index is 2.60. The normalized spacial score (nSPS) is 22.4. The van der Waals surface area contributed by atoms with E-state index in [1.807, 2.05) is 11.8 Å². The maximum Gasteiger partial charge on any atom is 0.152 e. The van der Waals surface area contributed by atoms with Gasteiger partial charge in [-0.2, -0.15) is 0 Å². The summed E-state index contributed by atoms with van der Waals surface area (Å²) in [5.41, 5.74) is 0. The summed E-state index contributed by atoms with van der Waals surface area (Å²) in [6, 6.07) is 0. The molecular formula is C8H16N2O2S. The monoisotopic (exact) mass is 204 g/mol. The van der Waals surface area contributed by atoms with Crippen molar-refractivity contribution in [3.05, 3.63) is 0 Å². The Morgan fingerprint density at radius 2 is 2.08 bits per heavy atom. The second kappa shape index (κ2) is 4.09. The largest absolute Gasteiger partial charge is 0.360 e. The van der Waals surface area contributed by atoms with Crippen molar-refractivity contribution in [1.82, 2.24) is 4.90 Å². The topological polar surface area (TPSA) is 61.2 Å². The van der Waals surface area contributed by atoms with Crippen molar-refractivity contribution in [3.63, 3.8) is 0 Å². The van der Waals surface area contributed by atoms with E-state index in [1.165, 1.54) is 0 Å². The third-order valence-electron chi connectivity index (χ3n) is 2.27. The first-order valence-electron chi connectivity index (χ1n) is 4.58. The van der Waals surface area contributed by atoms with Crippen LogP contribution in [0, 0.1) is 5.41 Å². The Morgan fingerprint density at radius 3 is 2.69 bits per heavy atom. The number of hydrogen-bond acceptors (Lipinski definition) is 3. The van der Waals surface area contributed by atoms with E-state index in [9.17, 15) is 8.42 Å².